The fourth-order valence-corrected chi connectivity index (χ4v) is 3.69. The monoisotopic (exact) mass is 506 g/mol. The van der Waals surface area contributed by atoms with E-state index in [1.165, 1.54) is 14.2 Å². The molecule has 8 nitrogen and oxygen atoms in total. The van der Waals surface area contributed by atoms with Crippen molar-refractivity contribution in [1.82, 2.24) is 5.32 Å². The largest absolute Gasteiger partial charge is 0.497 e. The van der Waals surface area contributed by atoms with Crippen molar-refractivity contribution in [1.29, 1.82) is 0 Å². The number of hydrogen-bond donors (Lipinski definition) is 2. The first-order valence-corrected chi connectivity index (χ1v) is 12.1. The molecule has 2 N–H and O–H groups in total. The molecule has 0 aliphatic heterocycles. The molecule has 0 aliphatic rings. The Bertz CT molecular complexity index is 1220. The third-order valence-corrected chi connectivity index (χ3v) is 5.61. The normalized spacial score (nSPS) is 10.5. The van der Waals surface area contributed by atoms with Crippen LogP contribution in [0.4, 0.5) is 5.69 Å². The zero-order valence-corrected chi connectivity index (χ0v) is 21.9. The number of amides is 2. The minimum atomic E-state index is -0.408. The molecule has 3 aromatic carbocycles. The highest BCUT2D eigenvalue weighted by Crippen LogP contribution is 2.29. The van der Waals surface area contributed by atoms with Crippen molar-refractivity contribution in [2.45, 2.75) is 26.7 Å². The summed E-state index contributed by atoms with van der Waals surface area (Å²) < 4.78 is 22.1. The first-order chi connectivity index (χ1) is 17.8. The van der Waals surface area contributed by atoms with E-state index in [1.54, 1.807) is 42.5 Å². The van der Waals surface area contributed by atoms with Crippen LogP contribution in [0.15, 0.2) is 60.7 Å². The van der Waals surface area contributed by atoms with E-state index in [0.717, 1.165) is 16.9 Å². The minimum absolute atomic E-state index is 0.293. The molecule has 37 heavy (non-hydrogen) atoms. The molecule has 3 rings (SSSR count). The average Bonchev–Trinajstić information content (AvgIpc) is 2.89. The molecule has 0 aliphatic carbocycles. The van der Waals surface area contributed by atoms with Crippen molar-refractivity contribution in [3.05, 3.63) is 77.4 Å². The van der Waals surface area contributed by atoms with E-state index in [2.05, 4.69) is 36.6 Å². The molecule has 3 aromatic rings. The molecule has 0 atom stereocenters. The fraction of sp³-hybridized carbons (Fsp3) is 0.310. The smallest absolute Gasteiger partial charge is 0.262 e. The van der Waals surface area contributed by atoms with Crippen LogP contribution in [0.25, 0.3) is 0 Å². The molecular weight excluding hydrogens is 472 g/mol. The zero-order valence-electron chi connectivity index (χ0n) is 21.9. The first-order valence-electron chi connectivity index (χ1n) is 12.1. The summed E-state index contributed by atoms with van der Waals surface area (Å²) in [5, 5.41) is 5.60. The second kappa shape index (κ2) is 13.2. The number of aryl methyl sites for hydroxylation is 1. The third-order valence-electron chi connectivity index (χ3n) is 5.61. The Morgan fingerprint density at radius 1 is 0.865 bits per heavy atom. The number of nitrogens with one attached hydrogen (secondary N) is 2. The van der Waals surface area contributed by atoms with E-state index < -0.39 is 5.91 Å². The number of anilines is 1. The Morgan fingerprint density at radius 3 is 2.38 bits per heavy atom. The molecule has 2 amide bonds. The van der Waals surface area contributed by atoms with Crippen LogP contribution in [-0.4, -0.2) is 45.8 Å². The van der Waals surface area contributed by atoms with Crippen LogP contribution < -0.4 is 29.6 Å². The summed E-state index contributed by atoms with van der Waals surface area (Å²) in [6.07, 6.45) is 0. The maximum Gasteiger partial charge on any atom is 0.262 e. The van der Waals surface area contributed by atoms with Gasteiger partial charge in [-0.2, -0.15) is 0 Å². The highest BCUT2D eigenvalue weighted by molar-refractivity contribution is 5.97. The number of hydrogen-bond acceptors (Lipinski definition) is 6. The fourth-order valence-electron chi connectivity index (χ4n) is 3.69. The summed E-state index contributed by atoms with van der Waals surface area (Å²) in [4.78, 5) is 25.3. The highest BCUT2D eigenvalue weighted by Gasteiger charge is 2.15. The summed E-state index contributed by atoms with van der Waals surface area (Å²) in [5.74, 6) is 1.79. The van der Waals surface area contributed by atoms with Crippen LogP contribution in [-0.2, 0) is 4.79 Å². The van der Waals surface area contributed by atoms with Crippen LogP contribution in [0.3, 0.4) is 0 Å². The number of benzene rings is 3. The van der Waals surface area contributed by atoms with Crippen molar-refractivity contribution in [3.8, 4) is 23.0 Å². The molecule has 0 bridgehead atoms. The van der Waals surface area contributed by atoms with E-state index in [4.69, 9.17) is 18.9 Å². The number of carbonyl (C=O) groups is 2. The van der Waals surface area contributed by atoms with E-state index in [0.29, 0.717) is 47.6 Å². The van der Waals surface area contributed by atoms with E-state index in [-0.39, 0.29) is 12.5 Å². The van der Waals surface area contributed by atoms with E-state index in [1.807, 2.05) is 13.0 Å². The summed E-state index contributed by atoms with van der Waals surface area (Å²) in [7, 11) is 3.05. The maximum absolute atomic E-state index is 12.8. The Kier molecular flexibility index (Phi) is 9.77. The number of para-hydroxylation sites is 1. The summed E-state index contributed by atoms with van der Waals surface area (Å²) in [6.45, 7) is 6.59. The molecule has 0 saturated heterocycles. The van der Waals surface area contributed by atoms with Gasteiger partial charge in [0.15, 0.2) is 6.61 Å². The van der Waals surface area contributed by atoms with Crippen LogP contribution in [0.1, 0.15) is 41.3 Å². The van der Waals surface area contributed by atoms with Crippen molar-refractivity contribution in [2.24, 2.45) is 0 Å². The second-order valence-electron chi connectivity index (χ2n) is 8.70. The number of rotatable bonds is 12. The summed E-state index contributed by atoms with van der Waals surface area (Å²) in [5.41, 5.74) is 3.02. The van der Waals surface area contributed by atoms with Gasteiger partial charge in [-0.15, -0.1) is 0 Å². The van der Waals surface area contributed by atoms with Crippen LogP contribution in [0.2, 0.25) is 0 Å². The lowest BCUT2D eigenvalue weighted by molar-refractivity contribution is -0.118. The molecule has 0 fully saturated rings. The Morgan fingerprint density at radius 2 is 1.65 bits per heavy atom. The SMILES string of the molecule is COc1ccc(OC)c(NC(=O)COc2ccccc2C(=O)NCCOc2cc(C)ccc2C(C)C)c1. The van der Waals surface area contributed by atoms with Gasteiger partial charge in [0.25, 0.3) is 11.8 Å². The van der Waals surface area contributed by atoms with Crippen LogP contribution in [0, 0.1) is 6.92 Å². The Labute approximate surface area is 217 Å². The second-order valence-corrected chi connectivity index (χ2v) is 8.70. The molecule has 0 unspecified atom stereocenters. The molecule has 0 saturated carbocycles. The van der Waals surface area contributed by atoms with Gasteiger partial charge in [-0.25, -0.2) is 0 Å². The van der Waals surface area contributed by atoms with Gasteiger partial charge in [0, 0.05) is 6.07 Å². The lowest BCUT2D eigenvalue weighted by Gasteiger charge is -2.16. The Hall–Kier alpha value is -4.20. The van der Waals surface area contributed by atoms with E-state index in [9.17, 15) is 9.59 Å². The number of methoxy groups -OCH3 is 2. The molecule has 0 spiro atoms. The third kappa shape index (κ3) is 7.64. The van der Waals surface area contributed by atoms with E-state index >= 15 is 0 Å². The molecule has 196 valence electrons. The zero-order chi connectivity index (χ0) is 26.8. The van der Waals surface area contributed by atoms with Crippen molar-refractivity contribution < 1.29 is 28.5 Å². The lowest BCUT2D eigenvalue weighted by Crippen LogP contribution is -2.29. The highest BCUT2D eigenvalue weighted by atomic mass is 16.5. The van der Waals surface area contributed by atoms with Gasteiger partial charge in [0.1, 0.15) is 29.6 Å². The number of ether oxygens (including phenoxy) is 4. The van der Waals surface area contributed by atoms with Gasteiger partial charge >= 0.3 is 0 Å². The van der Waals surface area contributed by atoms with Crippen molar-refractivity contribution in [2.75, 3.05) is 39.3 Å². The van der Waals surface area contributed by atoms with Crippen molar-refractivity contribution in [3.63, 3.8) is 0 Å². The first kappa shape index (κ1) is 27.4. The van der Waals surface area contributed by atoms with Crippen molar-refractivity contribution >= 4 is 17.5 Å². The van der Waals surface area contributed by atoms with Crippen LogP contribution >= 0.6 is 0 Å². The summed E-state index contributed by atoms with van der Waals surface area (Å²) in [6, 6.07) is 18.0. The predicted molar refractivity (Wildman–Crippen MR) is 143 cm³/mol. The summed E-state index contributed by atoms with van der Waals surface area (Å²) >= 11 is 0. The van der Waals surface area contributed by atoms with Gasteiger partial charge in [-0.05, 0) is 54.3 Å². The van der Waals surface area contributed by atoms with Gasteiger partial charge in [0.2, 0.25) is 0 Å². The lowest BCUT2D eigenvalue weighted by atomic mass is 10.0. The van der Waals surface area contributed by atoms with Gasteiger partial charge in [-0.1, -0.05) is 38.1 Å². The van der Waals surface area contributed by atoms with Gasteiger partial charge in [0.05, 0.1) is 32.0 Å². The average molecular weight is 507 g/mol. The Balaban J connectivity index is 1.55. The van der Waals surface area contributed by atoms with Gasteiger partial charge < -0.3 is 29.6 Å². The number of carbonyl (C=O) groups excluding carboxylic acids is 2. The quantitative estimate of drug-likeness (QED) is 0.337. The van der Waals surface area contributed by atoms with Crippen LogP contribution in [0.5, 0.6) is 23.0 Å². The molecule has 0 aromatic heterocycles. The minimum Gasteiger partial charge on any atom is -0.497 e. The topological polar surface area (TPSA) is 95.1 Å². The van der Waals surface area contributed by atoms with Gasteiger partial charge in [-0.3, -0.25) is 9.59 Å². The standard InChI is InChI=1S/C29H34N2O6/c1-19(2)22-12-10-20(3)16-27(22)36-15-14-30-29(33)23-8-6-7-9-25(23)37-18-28(32)31-24-17-21(34-4)11-13-26(24)35-5/h6-13,16-17,19H,14-15,18H2,1-5H3,(H,30,33)(H,31,32). The molecular formula is C29H34N2O6. The molecule has 0 heterocycles. The maximum atomic E-state index is 12.8. The molecule has 8 heteroatoms. The predicted octanol–water partition coefficient (Wildman–Crippen LogP) is 4.96. The molecule has 0 radical (unpaired) electrons.